The summed E-state index contributed by atoms with van der Waals surface area (Å²) in [6.07, 6.45) is 11.7. The molecule has 0 atom stereocenters. The predicted octanol–water partition coefficient (Wildman–Crippen LogP) is 6.80. The SMILES string of the molecule is O=C(C1=CCCCC1)c1ccccc1-c1ccccc1C(=O)C1CCCCC1. The van der Waals surface area contributed by atoms with E-state index in [2.05, 4.69) is 6.08 Å². The van der Waals surface area contributed by atoms with Crippen LogP contribution in [0.5, 0.6) is 0 Å². The molecule has 2 aliphatic rings. The summed E-state index contributed by atoms with van der Waals surface area (Å²) in [5.74, 6) is 0.489. The Balaban J connectivity index is 1.73. The molecule has 0 spiro atoms. The van der Waals surface area contributed by atoms with E-state index in [-0.39, 0.29) is 17.5 Å². The van der Waals surface area contributed by atoms with E-state index in [1.165, 1.54) is 6.42 Å². The van der Waals surface area contributed by atoms with E-state index in [1.807, 2.05) is 48.5 Å². The van der Waals surface area contributed by atoms with Gasteiger partial charge < -0.3 is 0 Å². The molecule has 2 heteroatoms. The molecule has 4 rings (SSSR count). The summed E-state index contributed by atoms with van der Waals surface area (Å²) < 4.78 is 0. The zero-order valence-corrected chi connectivity index (χ0v) is 16.5. The topological polar surface area (TPSA) is 34.1 Å². The van der Waals surface area contributed by atoms with Gasteiger partial charge in [-0.2, -0.15) is 0 Å². The van der Waals surface area contributed by atoms with Crippen LogP contribution in [0.2, 0.25) is 0 Å². The van der Waals surface area contributed by atoms with Crippen LogP contribution in [-0.4, -0.2) is 11.6 Å². The molecule has 0 amide bonds. The van der Waals surface area contributed by atoms with Gasteiger partial charge in [0.1, 0.15) is 0 Å². The van der Waals surface area contributed by atoms with Gasteiger partial charge in [0.05, 0.1) is 0 Å². The summed E-state index contributed by atoms with van der Waals surface area (Å²) in [5.41, 5.74) is 4.21. The molecule has 0 heterocycles. The van der Waals surface area contributed by atoms with Gasteiger partial charge >= 0.3 is 0 Å². The minimum atomic E-state index is 0.121. The van der Waals surface area contributed by atoms with Crippen molar-refractivity contribution in [1.29, 1.82) is 0 Å². The molecular weight excluding hydrogens is 344 g/mol. The summed E-state index contributed by atoms with van der Waals surface area (Å²) in [7, 11) is 0. The minimum absolute atomic E-state index is 0.121. The molecule has 1 saturated carbocycles. The number of hydrogen-bond acceptors (Lipinski definition) is 2. The van der Waals surface area contributed by atoms with Gasteiger partial charge in [0.25, 0.3) is 0 Å². The highest BCUT2D eigenvalue weighted by atomic mass is 16.1. The van der Waals surface area contributed by atoms with Gasteiger partial charge in [0.2, 0.25) is 0 Å². The molecular formula is C26H28O2. The van der Waals surface area contributed by atoms with Crippen molar-refractivity contribution in [3.63, 3.8) is 0 Å². The maximum Gasteiger partial charge on any atom is 0.189 e. The average molecular weight is 373 g/mol. The molecule has 144 valence electrons. The van der Waals surface area contributed by atoms with Crippen LogP contribution in [0.4, 0.5) is 0 Å². The fraction of sp³-hybridized carbons (Fsp3) is 0.385. The Labute approximate surface area is 167 Å². The number of hydrogen-bond donors (Lipinski definition) is 0. The summed E-state index contributed by atoms with van der Waals surface area (Å²) in [4.78, 5) is 26.5. The van der Waals surface area contributed by atoms with Gasteiger partial charge in [0, 0.05) is 17.0 Å². The van der Waals surface area contributed by atoms with Crippen molar-refractivity contribution in [3.05, 3.63) is 71.3 Å². The normalized spacial score (nSPS) is 17.8. The standard InChI is InChI=1S/C26H28O2/c27-25(19-11-3-1-4-12-19)23-17-9-7-15-21(23)22-16-8-10-18-24(22)26(28)20-13-5-2-6-14-20/h7-11,15-18,20H,1-6,12-14H2. The highest BCUT2D eigenvalue weighted by Crippen LogP contribution is 2.34. The van der Waals surface area contributed by atoms with E-state index in [9.17, 15) is 9.59 Å². The van der Waals surface area contributed by atoms with Crippen molar-refractivity contribution in [1.82, 2.24) is 0 Å². The van der Waals surface area contributed by atoms with Crippen molar-refractivity contribution >= 4 is 11.6 Å². The summed E-state index contributed by atoms with van der Waals surface area (Å²) >= 11 is 0. The second kappa shape index (κ2) is 8.68. The Morgan fingerprint density at radius 3 is 2.04 bits per heavy atom. The predicted molar refractivity (Wildman–Crippen MR) is 114 cm³/mol. The van der Waals surface area contributed by atoms with E-state index in [0.29, 0.717) is 0 Å². The molecule has 0 N–H and O–H groups in total. The van der Waals surface area contributed by atoms with Crippen LogP contribution in [0.15, 0.2) is 60.2 Å². The van der Waals surface area contributed by atoms with Crippen LogP contribution in [0.25, 0.3) is 11.1 Å². The van der Waals surface area contributed by atoms with Gasteiger partial charge in [-0.3, -0.25) is 9.59 Å². The van der Waals surface area contributed by atoms with Crippen molar-refractivity contribution in [3.8, 4) is 11.1 Å². The molecule has 2 aliphatic carbocycles. The zero-order valence-electron chi connectivity index (χ0n) is 16.5. The van der Waals surface area contributed by atoms with E-state index < -0.39 is 0 Å². The van der Waals surface area contributed by atoms with Gasteiger partial charge in [-0.15, -0.1) is 0 Å². The number of benzene rings is 2. The van der Waals surface area contributed by atoms with Crippen molar-refractivity contribution in [2.24, 2.45) is 5.92 Å². The molecule has 1 fully saturated rings. The van der Waals surface area contributed by atoms with Crippen molar-refractivity contribution in [2.45, 2.75) is 57.8 Å². The van der Waals surface area contributed by atoms with E-state index in [1.54, 1.807) is 0 Å². The van der Waals surface area contributed by atoms with Gasteiger partial charge in [-0.1, -0.05) is 73.9 Å². The third-order valence-corrected chi connectivity index (χ3v) is 6.21. The third kappa shape index (κ3) is 3.87. The molecule has 0 bridgehead atoms. The Bertz CT molecular complexity index is 900. The van der Waals surface area contributed by atoms with Crippen LogP contribution < -0.4 is 0 Å². The summed E-state index contributed by atoms with van der Waals surface area (Å²) in [5, 5.41) is 0. The number of ketones is 2. The van der Waals surface area contributed by atoms with Crippen molar-refractivity contribution < 1.29 is 9.59 Å². The first kappa shape index (κ1) is 18.9. The molecule has 0 unspecified atom stereocenters. The third-order valence-electron chi connectivity index (χ3n) is 6.21. The monoisotopic (exact) mass is 372 g/mol. The molecule has 28 heavy (non-hydrogen) atoms. The number of allylic oxidation sites excluding steroid dienone is 2. The Hall–Kier alpha value is -2.48. The molecule has 2 nitrogen and oxygen atoms in total. The first-order chi connectivity index (χ1) is 13.8. The Morgan fingerprint density at radius 1 is 0.714 bits per heavy atom. The van der Waals surface area contributed by atoms with Gasteiger partial charge in [-0.05, 0) is 55.2 Å². The maximum atomic E-state index is 13.3. The summed E-state index contributed by atoms with van der Waals surface area (Å²) in [6, 6.07) is 15.6. The lowest BCUT2D eigenvalue weighted by Crippen LogP contribution is -2.19. The zero-order chi connectivity index (χ0) is 19.3. The average Bonchev–Trinajstić information content (AvgIpc) is 2.79. The highest BCUT2D eigenvalue weighted by molar-refractivity contribution is 6.14. The largest absolute Gasteiger partial charge is 0.294 e. The Morgan fingerprint density at radius 2 is 1.36 bits per heavy atom. The van der Waals surface area contributed by atoms with Crippen LogP contribution >= 0.6 is 0 Å². The minimum Gasteiger partial charge on any atom is -0.294 e. The van der Waals surface area contributed by atoms with E-state index in [4.69, 9.17) is 0 Å². The van der Waals surface area contributed by atoms with E-state index in [0.717, 1.165) is 79.2 Å². The van der Waals surface area contributed by atoms with Crippen LogP contribution in [0, 0.1) is 5.92 Å². The molecule has 0 saturated heterocycles. The molecule has 2 aromatic rings. The van der Waals surface area contributed by atoms with Crippen LogP contribution in [0.3, 0.4) is 0 Å². The lowest BCUT2D eigenvalue weighted by molar-refractivity contribution is 0.0889. The number of rotatable bonds is 5. The van der Waals surface area contributed by atoms with E-state index >= 15 is 0 Å². The van der Waals surface area contributed by atoms with Crippen LogP contribution in [-0.2, 0) is 0 Å². The molecule has 0 aliphatic heterocycles. The lowest BCUT2D eigenvalue weighted by Gasteiger charge is -2.22. The quantitative estimate of drug-likeness (QED) is 0.541. The fourth-order valence-corrected chi connectivity index (χ4v) is 4.65. The lowest BCUT2D eigenvalue weighted by atomic mass is 9.81. The second-order valence-corrected chi connectivity index (χ2v) is 8.09. The number of carbonyl (C=O) groups is 2. The maximum absolute atomic E-state index is 13.3. The first-order valence-corrected chi connectivity index (χ1v) is 10.7. The molecule has 0 radical (unpaired) electrons. The second-order valence-electron chi connectivity index (χ2n) is 8.09. The van der Waals surface area contributed by atoms with Gasteiger partial charge in [0.15, 0.2) is 11.6 Å². The highest BCUT2D eigenvalue weighted by Gasteiger charge is 2.26. The number of Topliss-reactive ketones (excluding diaryl/α,β-unsaturated/α-hetero) is 2. The number of carbonyl (C=O) groups excluding carboxylic acids is 2. The van der Waals surface area contributed by atoms with Crippen LogP contribution in [0.1, 0.15) is 78.5 Å². The molecule has 2 aromatic carbocycles. The van der Waals surface area contributed by atoms with Crippen molar-refractivity contribution in [2.75, 3.05) is 0 Å². The molecule has 0 aromatic heterocycles. The Kier molecular flexibility index (Phi) is 5.85. The fourth-order valence-electron chi connectivity index (χ4n) is 4.65. The van der Waals surface area contributed by atoms with Gasteiger partial charge in [-0.25, -0.2) is 0 Å². The summed E-state index contributed by atoms with van der Waals surface area (Å²) in [6.45, 7) is 0. The smallest absolute Gasteiger partial charge is 0.189 e. The first-order valence-electron chi connectivity index (χ1n) is 10.7.